The summed E-state index contributed by atoms with van der Waals surface area (Å²) in [6.45, 7) is 4.76. The minimum atomic E-state index is -0.214. The molecule has 0 fully saturated rings. The molecule has 106 valence electrons. The van der Waals surface area contributed by atoms with Crippen LogP contribution in [0.25, 0.3) is 0 Å². The van der Waals surface area contributed by atoms with E-state index in [4.69, 9.17) is 5.73 Å². The largest absolute Gasteiger partial charge is 0.339 e. The molecule has 0 radical (unpaired) electrons. The van der Waals surface area contributed by atoms with E-state index in [2.05, 4.69) is 6.92 Å². The van der Waals surface area contributed by atoms with Crippen LogP contribution in [0.1, 0.15) is 31.9 Å². The molecule has 2 N–H and O–H groups in total. The van der Waals surface area contributed by atoms with E-state index in [9.17, 15) is 4.39 Å². The van der Waals surface area contributed by atoms with E-state index in [1.54, 1.807) is 12.1 Å². The average Bonchev–Trinajstić information content (AvgIpc) is 2.49. The SMILES string of the molecule is CC[C@@H](N)c1ccccc1N(CC)c1ccccc1F. The third kappa shape index (κ3) is 2.83. The summed E-state index contributed by atoms with van der Waals surface area (Å²) in [4.78, 5) is 1.97. The van der Waals surface area contributed by atoms with E-state index in [0.29, 0.717) is 12.2 Å². The van der Waals surface area contributed by atoms with Gasteiger partial charge in [0.2, 0.25) is 0 Å². The highest BCUT2D eigenvalue weighted by Gasteiger charge is 2.17. The maximum absolute atomic E-state index is 14.1. The molecule has 1 atom stereocenters. The minimum Gasteiger partial charge on any atom is -0.339 e. The Kier molecular flexibility index (Phi) is 4.74. The molecule has 0 unspecified atom stereocenters. The van der Waals surface area contributed by atoms with Crippen LogP contribution < -0.4 is 10.6 Å². The summed E-state index contributed by atoms with van der Waals surface area (Å²) in [6, 6.07) is 14.8. The van der Waals surface area contributed by atoms with Crippen molar-refractivity contribution in [3.05, 3.63) is 59.9 Å². The molecule has 0 bridgehead atoms. The normalized spacial score (nSPS) is 12.2. The fourth-order valence-electron chi connectivity index (χ4n) is 2.41. The van der Waals surface area contributed by atoms with Gasteiger partial charge in [-0.05, 0) is 37.1 Å². The highest BCUT2D eigenvalue weighted by atomic mass is 19.1. The van der Waals surface area contributed by atoms with Crippen LogP contribution in [0.15, 0.2) is 48.5 Å². The number of para-hydroxylation sites is 2. The van der Waals surface area contributed by atoms with Crippen molar-refractivity contribution in [2.75, 3.05) is 11.4 Å². The van der Waals surface area contributed by atoms with Crippen LogP contribution in [-0.4, -0.2) is 6.54 Å². The summed E-state index contributed by atoms with van der Waals surface area (Å²) in [6.07, 6.45) is 0.853. The zero-order chi connectivity index (χ0) is 14.5. The first-order valence-electron chi connectivity index (χ1n) is 7.05. The van der Waals surface area contributed by atoms with Gasteiger partial charge >= 0.3 is 0 Å². The molecule has 2 aromatic carbocycles. The summed E-state index contributed by atoms with van der Waals surface area (Å²) in [5.41, 5.74) is 8.81. The van der Waals surface area contributed by atoms with Crippen molar-refractivity contribution in [1.82, 2.24) is 0 Å². The van der Waals surface area contributed by atoms with E-state index < -0.39 is 0 Å². The third-order valence-corrected chi connectivity index (χ3v) is 3.53. The molecular formula is C17H21FN2. The lowest BCUT2D eigenvalue weighted by Crippen LogP contribution is -2.21. The number of halogens is 1. The van der Waals surface area contributed by atoms with E-state index >= 15 is 0 Å². The molecule has 0 saturated heterocycles. The Morgan fingerprint density at radius 1 is 1.00 bits per heavy atom. The maximum atomic E-state index is 14.1. The molecule has 0 aliphatic carbocycles. The molecule has 0 heterocycles. The van der Waals surface area contributed by atoms with Gasteiger partial charge in [-0.3, -0.25) is 0 Å². The first-order valence-corrected chi connectivity index (χ1v) is 7.05. The van der Waals surface area contributed by atoms with Crippen LogP contribution >= 0.6 is 0 Å². The second-order valence-corrected chi connectivity index (χ2v) is 4.77. The van der Waals surface area contributed by atoms with Crippen LogP contribution in [0.5, 0.6) is 0 Å². The van der Waals surface area contributed by atoms with Gasteiger partial charge in [0.25, 0.3) is 0 Å². The Morgan fingerprint density at radius 2 is 1.60 bits per heavy atom. The van der Waals surface area contributed by atoms with Gasteiger partial charge in [0.05, 0.1) is 5.69 Å². The van der Waals surface area contributed by atoms with Gasteiger partial charge in [-0.15, -0.1) is 0 Å². The van der Waals surface area contributed by atoms with Crippen LogP contribution in [0, 0.1) is 5.82 Å². The van der Waals surface area contributed by atoms with E-state index in [-0.39, 0.29) is 11.9 Å². The fraction of sp³-hybridized carbons (Fsp3) is 0.294. The molecule has 0 aromatic heterocycles. The Hall–Kier alpha value is -1.87. The second-order valence-electron chi connectivity index (χ2n) is 4.77. The monoisotopic (exact) mass is 272 g/mol. The highest BCUT2D eigenvalue weighted by Crippen LogP contribution is 2.33. The molecule has 0 amide bonds. The van der Waals surface area contributed by atoms with Gasteiger partial charge in [0.1, 0.15) is 5.82 Å². The summed E-state index contributed by atoms with van der Waals surface area (Å²) in [7, 11) is 0. The fourth-order valence-corrected chi connectivity index (χ4v) is 2.41. The van der Waals surface area contributed by atoms with Gasteiger partial charge < -0.3 is 10.6 Å². The summed E-state index contributed by atoms with van der Waals surface area (Å²) < 4.78 is 14.1. The van der Waals surface area contributed by atoms with Crippen LogP contribution in [0.4, 0.5) is 15.8 Å². The zero-order valence-corrected chi connectivity index (χ0v) is 12.0. The Balaban J connectivity index is 2.50. The number of nitrogens with two attached hydrogens (primary N) is 1. The molecule has 0 aliphatic heterocycles. The van der Waals surface area contributed by atoms with Gasteiger partial charge in [-0.25, -0.2) is 4.39 Å². The molecule has 2 aromatic rings. The summed E-state index contributed by atoms with van der Waals surface area (Å²) >= 11 is 0. The standard InChI is InChI=1S/C17H21FN2/c1-3-15(19)13-9-5-7-11-16(13)20(4-2)17-12-8-6-10-14(17)18/h5-12,15H,3-4,19H2,1-2H3/t15-/m1/s1. The lowest BCUT2D eigenvalue weighted by Gasteiger charge is -2.28. The Bertz CT molecular complexity index is 568. The summed E-state index contributed by atoms with van der Waals surface area (Å²) in [5.74, 6) is -0.214. The van der Waals surface area contributed by atoms with E-state index in [1.807, 2.05) is 42.2 Å². The number of hydrogen-bond donors (Lipinski definition) is 1. The highest BCUT2D eigenvalue weighted by molar-refractivity contribution is 5.67. The minimum absolute atomic E-state index is 0.0352. The molecule has 0 aliphatic rings. The molecule has 3 heteroatoms. The van der Waals surface area contributed by atoms with Crippen molar-refractivity contribution in [3.63, 3.8) is 0 Å². The van der Waals surface area contributed by atoms with Crippen molar-refractivity contribution in [1.29, 1.82) is 0 Å². The number of nitrogens with zero attached hydrogens (tertiary/aromatic N) is 1. The lowest BCUT2D eigenvalue weighted by atomic mass is 10.0. The lowest BCUT2D eigenvalue weighted by molar-refractivity contribution is 0.625. The van der Waals surface area contributed by atoms with Crippen molar-refractivity contribution in [3.8, 4) is 0 Å². The average molecular weight is 272 g/mol. The molecule has 0 saturated carbocycles. The van der Waals surface area contributed by atoms with E-state index in [0.717, 1.165) is 17.7 Å². The van der Waals surface area contributed by atoms with Crippen LogP contribution in [0.3, 0.4) is 0 Å². The van der Waals surface area contributed by atoms with Gasteiger partial charge in [-0.1, -0.05) is 37.3 Å². The van der Waals surface area contributed by atoms with Gasteiger partial charge in [-0.2, -0.15) is 0 Å². The Labute approximate surface area is 120 Å². The Morgan fingerprint density at radius 3 is 2.20 bits per heavy atom. The predicted molar refractivity (Wildman–Crippen MR) is 82.7 cm³/mol. The molecule has 2 rings (SSSR count). The number of benzene rings is 2. The van der Waals surface area contributed by atoms with Crippen LogP contribution in [-0.2, 0) is 0 Å². The van der Waals surface area contributed by atoms with Crippen molar-refractivity contribution >= 4 is 11.4 Å². The number of hydrogen-bond acceptors (Lipinski definition) is 2. The number of anilines is 2. The topological polar surface area (TPSA) is 29.3 Å². The first kappa shape index (κ1) is 14.5. The summed E-state index contributed by atoms with van der Waals surface area (Å²) in [5, 5.41) is 0. The smallest absolute Gasteiger partial charge is 0.146 e. The van der Waals surface area contributed by atoms with Gasteiger partial charge in [0, 0.05) is 18.3 Å². The first-order chi connectivity index (χ1) is 9.69. The molecule has 0 spiro atoms. The van der Waals surface area contributed by atoms with Crippen molar-refractivity contribution in [2.45, 2.75) is 26.3 Å². The van der Waals surface area contributed by atoms with Crippen molar-refractivity contribution in [2.24, 2.45) is 5.73 Å². The number of rotatable bonds is 5. The predicted octanol–water partition coefficient (Wildman–Crippen LogP) is 4.39. The zero-order valence-electron chi connectivity index (χ0n) is 12.0. The van der Waals surface area contributed by atoms with E-state index in [1.165, 1.54) is 6.07 Å². The van der Waals surface area contributed by atoms with Crippen LogP contribution in [0.2, 0.25) is 0 Å². The molecule has 20 heavy (non-hydrogen) atoms. The third-order valence-electron chi connectivity index (χ3n) is 3.53. The van der Waals surface area contributed by atoms with Crippen molar-refractivity contribution < 1.29 is 4.39 Å². The second kappa shape index (κ2) is 6.53. The van der Waals surface area contributed by atoms with Gasteiger partial charge in [0.15, 0.2) is 0 Å². The maximum Gasteiger partial charge on any atom is 0.146 e. The molecule has 2 nitrogen and oxygen atoms in total. The quantitative estimate of drug-likeness (QED) is 0.874. The molecular weight excluding hydrogens is 251 g/mol.